The molecule has 2 N–H and O–H groups in total. The van der Waals surface area contributed by atoms with Crippen LogP contribution in [0.25, 0.3) is 22.6 Å². The van der Waals surface area contributed by atoms with E-state index in [-0.39, 0.29) is 19.8 Å². The number of aromatic nitrogens is 5. The van der Waals surface area contributed by atoms with Crippen molar-refractivity contribution in [3.8, 4) is 22.6 Å². The Kier molecular flexibility index (Phi) is 7.71. The third kappa shape index (κ3) is 6.28. The van der Waals surface area contributed by atoms with Crippen molar-refractivity contribution in [2.24, 2.45) is 7.05 Å². The van der Waals surface area contributed by atoms with Crippen molar-refractivity contribution in [3.63, 3.8) is 0 Å². The molecule has 1 fully saturated rings. The molecule has 15 heteroatoms. The molecule has 36 heavy (non-hydrogen) atoms. The molecule has 3 atom stereocenters. The highest BCUT2D eigenvalue weighted by Gasteiger charge is 2.33. The zero-order valence-electron chi connectivity index (χ0n) is 19.4. The quantitative estimate of drug-likeness (QED) is 0.372. The lowest BCUT2D eigenvalue weighted by molar-refractivity contribution is -0.0113. The van der Waals surface area contributed by atoms with E-state index in [1.54, 1.807) is 31.3 Å². The van der Waals surface area contributed by atoms with Gasteiger partial charge in [-0.3, -0.25) is 14.4 Å². The first-order valence-electron chi connectivity index (χ1n) is 10.8. The Labute approximate surface area is 205 Å². The molecule has 1 saturated heterocycles. The number of nitrogens with zero attached hydrogens (tertiary/aromatic N) is 6. The number of aliphatic hydroxyl groups excluding tert-OH is 1. The fraction of sp³-hybridized carbons (Fsp3) is 0.381. The molecule has 1 aromatic carbocycles. The Morgan fingerprint density at radius 3 is 2.75 bits per heavy atom. The van der Waals surface area contributed by atoms with Crippen molar-refractivity contribution in [2.75, 3.05) is 37.9 Å². The first-order chi connectivity index (χ1) is 17.1. The number of amides is 1. The maximum absolute atomic E-state index is 15.0. The molecule has 0 bridgehead atoms. The minimum Gasteiger partial charge on any atom is -0.441 e. The third-order valence-electron chi connectivity index (χ3n) is 5.11. The number of anilines is 1. The summed E-state index contributed by atoms with van der Waals surface area (Å²) in [7, 11) is -2.15. The number of hydrogen-bond acceptors (Lipinski definition) is 10. The van der Waals surface area contributed by atoms with E-state index < -0.39 is 38.3 Å². The molecular formula is C21H24FN6O7P. The molecule has 2 aromatic heterocycles. The van der Waals surface area contributed by atoms with Crippen molar-refractivity contribution in [2.45, 2.75) is 12.2 Å². The zero-order valence-corrected chi connectivity index (χ0v) is 20.3. The topological polar surface area (TPSA) is 162 Å². The van der Waals surface area contributed by atoms with E-state index >= 15 is 0 Å². The number of halogens is 1. The Bertz CT molecular complexity index is 1270. The molecule has 1 aliphatic rings. The van der Waals surface area contributed by atoms with Crippen LogP contribution in [0.2, 0.25) is 0 Å². The van der Waals surface area contributed by atoms with E-state index in [2.05, 4.69) is 20.4 Å². The molecule has 0 saturated carbocycles. The van der Waals surface area contributed by atoms with Crippen LogP contribution in [0, 0.1) is 5.82 Å². The van der Waals surface area contributed by atoms with Gasteiger partial charge in [-0.15, -0.1) is 10.2 Å². The normalized spacial score (nSPS) is 18.2. The van der Waals surface area contributed by atoms with Gasteiger partial charge in [-0.25, -0.2) is 9.18 Å². The first kappa shape index (κ1) is 25.8. The van der Waals surface area contributed by atoms with E-state index in [1.165, 1.54) is 22.0 Å². The molecule has 1 amide bonds. The molecule has 4 rings (SSSR count). The van der Waals surface area contributed by atoms with Gasteiger partial charge in [-0.2, -0.15) is 4.80 Å². The number of aliphatic hydroxyl groups is 1. The van der Waals surface area contributed by atoms with Crippen LogP contribution in [0.3, 0.4) is 0 Å². The predicted molar refractivity (Wildman–Crippen MR) is 124 cm³/mol. The van der Waals surface area contributed by atoms with Gasteiger partial charge in [0.1, 0.15) is 23.7 Å². The van der Waals surface area contributed by atoms with Crippen LogP contribution in [-0.4, -0.2) is 86.5 Å². The van der Waals surface area contributed by atoms with E-state index in [4.69, 9.17) is 14.0 Å². The van der Waals surface area contributed by atoms with Crippen LogP contribution in [-0.2, 0) is 25.6 Å². The number of rotatable bonds is 10. The maximum atomic E-state index is 15.0. The van der Waals surface area contributed by atoms with Gasteiger partial charge in [0.05, 0.1) is 39.1 Å². The van der Waals surface area contributed by atoms with Gasteiger partial charge in [-0.05, 0) is 29.5 Å². The van der Waals surface area contributed by atoms with E-state index in [0.29, 0.717) is 28.3 Å². The summed E-state index contributed by atoms with van der Waals surface area (Å²) >= 11 is 0. The lowest BCUT2D eigenvalue weighted by Crippen LogP contribution is -2.28. The molecule has 0 radical (unpaired) electrons. The number of benzene rings is 1. The SMILES string of the molecule is Cn1nnc(-c2ccc(-c3ccc(N4CC(COCC(CO)OP(C)(=O)O)OC4=O)cc3F)cn2)n1. The average molecular weight is 522 g/mol. The first-order valence-corrected chi connectivity index (χ1v) is 12.8. The number of cyclic esters (lactones) is 1. The monoisotopic (exact) mass is 522 g/mol. The van der Waals surface area contributed by atoms with E-state index in [0.717, 1.165) is 6.66 Å². The summed E-state index contributed by atoms with van der Waals surface area (Å²) in [6, 6.07) is 7.71. The Balaban J connectivity index is 1.37. The van der Waals surface area contributed by atoms with Crippen molar-refractivity contribution >= 4 is 19.4 Å². The molecule has 0 spiro atoms. The molecule has 3 aromatic rings. The van der Waals surface area contributed by atoms with Crippen LogP contribution in [0.1, 0.15) is 0 Å². The highest BCUT2D eigenvalue weighted by atomic mass is 31.2. The second-order valence-corrected chi connectivity index (χ2v) is 9.88. The molecule has 13 nitrogen and oxygen atoms in total. The summed E-state index contributed by atoms with van der Waals surface area (Å²) in [6.45, 7) is 0.373. The summed E-state index contributed by atoms with van der Waals surface area (Å²) < 4.78 is 41.7. The number of pyridine rings is 1. The molecule has 1 aliphatic heterocycles. The Morgan fingerprint density at radius 2 is 2.14 bits per heavy atom. The number of aryl methyl sites for hydroxylation is 1. The number of ether oxygens (including phenoxy) is 2. The lowest BCUT2D eigenvalue weighted by atomic mass is 10.1. The summed E-state index contributed by atoms with van der Waals surface area (Å²) in [6.07, 6.45) is -0.824. The van der Waals surface area contributed by atoms with Crippen molar-refractivity contribution < 1.29 is 37.7 Å². The van der Waals surface area contributed by atoms with Crippen LogP contribution in [0.15, 0.2) is 36.5 Å². The van der Waals surface area contributed by atoms with Crippen LogP contribution in [0.5, 0.6) is 0 Å². The molecule has 3 heterocycles. The van der Waals surface area contributed by atoms with Crippen molar-refractivity contribution in [3.05, 3.63) is 42.3 Å². The van der Waals surface area contributed by atoms with Crippen LogP contribution < -0.4 is 4.90 Å². The summed E-state index contributed by atoms with van der Waals surface area (Å²) in [4.78, 5) is 28.4. The van der Waals surface area contributed by atoms with Gasteiger partial charge in [0.15, 0.2) is 0 Å². The molecule has 3 unspecified atom stereocenters. The van der Waals surface area contributed by atoms with Crippen LogP contribution in [0.4, 0.5) is 14.9 Å². The minimum atomic E-state index is -3.79. The van der Waals surface area contributed by atoms with Crippen molar-refractivity contribution in [1.82, 2.24) is 25.2 Å². The zero-order chi connectivity index (χ0) is 25.9. The highest BCUT2D eigenvalue weighted by Crippen LogP contribution is 2.38. The van der Waals surface area contributed by atoms with Crippen molar-refractivity contribution in [1.29, 1.82) is 0 Å². The number of tetrazole rings is 1. The summed E-state index contributed by atoms with van der Waals surface area (Å²) in [5, 5.41) is 21.0. The van der Waals surface area contributed by atoms with Gasteiger partial charge in [0.2, 0.25) is 5.82 Å². The van der Waals surface area contributed by atoms with Gasteiger partial charge in [-0.1, -0.05) is 6.07 Å². The summed E-state index contributed by atoms with van der Waals surface area (Å²) in [5.41, 5.74) is 1.63. The number of carbonyl (C=O) groups is 1. The Hall–Kier alpha value is -3.29. The average Bonchev–Trinajstić information content (AvgIpc) is 3.43. The highest BCUT2D eigenvalue weighted by molar-refractivity contribution is 7.51. The second kappa shape index (κ2) is 10.8. The van der Waals surface area contributed by atoms with Gasteiger partial charge >= 0.3 is 13.7 Å². The Morgan fingerprint density at radius 1 is 1.33 bits per heavy atom. The van der Waals surface area contributed by atoms with E-state index in [1.807, 2.05) is 0 Å². The minimum absolute atomic E-state index is 0.0409. The second-order valence-electron chi connectivity index (χ2n) is 8.07. The third-order valence-corrected chi connectivity index (χ3v) is 5.80. The van der Waals surface area contributed by atoms with E-state index in [9.17, 15) is 23.7 Å². The fourth-order valence-corrected chi connectivity index (χ4v) is 4.20. The standard InChI is InChI=1S/C21H24FN6O7P/c1-27-25-20(24-26-27)19-6-3-13(8-23-19)17-5-4-14(7-18(17)22)28-9-15(34-21(28)30)11-33-12-16(10-29)35-36(2,31)32/h3-8,15-16,29H,9-12H2,1-2H3,(H,31,32). The molecular weight excluding hydrogens is 498 g/mol. The predicted octanol–water partition coefficient (Wildman–Crippen LogP) is 1.61. The maximum Gasteiger partial charge on any atom is 0.414 e. The smallest absolute Gasteiger partial charge is 0.414 e. The lowest BCUT2D eigenvalue weighted by Gasteiger charge is -2.18. The van der Waals surface area contributed by atoms with Gasteiger partial charge in [0, 0.05) is 24.0 Å². The summed E-state index contributed by atoms with van der Waals surface area (Å²) in [5.74, 6) is -0.202. The van der Waals surface area contributed by atoms with Gasteiger partial charge in [0.25, 0.3) is 0 Å². The molecule has 0 aliphatic carbocycles. The number of hydrogen-bond donors (Lipinski definition) is 2. The largest absolute Gasteiger partial charge is 0.441 e. The fourth-order valence-electron chi connectivity index (χ4n) is 3.52. The molecule has 192 valence electrons. The van der Waals surface area contributed by atoms with Crippen LogP contribution >= 0.6 is 7.60 Å². The number of carbonyl (C=O) groups excluding carboxylic acids is 1. The van der Waals surface area contributed by atoms with Gasteiger partial charge < -0.3 is 24.0 Å².